The molecule has 0 fully saturated rings. The Bertz CT molecular complexity index is 654. The summed E-state index contributed by atoms with van der Waals surface area (Å²) in [6, 6.07) is 11.5. The first-order chi connectivity index (χ1) is 10.0. The Morgan fingerprint density at radius 3 is 2.52 bits per heavy atom. The molecule has 0 unspecified atom stereocenters. The minimum Gasteiger partial charge on any atom is -0.504 e. The third-order valence-corrected chi connectivity index (χ3v) is 3.17. The van der Waals surface area contributed by atoms with Gasteiger partial charge in [-0.05, 0) is 24.3 Å². The van der Waals surface area contributed by atoms with E-state index in [1.165, 1.54) is 23.1 Å². The number of phenols is 2. The van der Waals surface area contributed by atoms with E-state index in [1.54, 1.807) is 14.2 Å². The maximum Gasteiger partial charge on any atom is 0.254 e. The van der Waals surface area contributed by atoms with E-state index in [0.717, 1.165) is 5.56 Å². The highest BCUT2D eigenvalue weighted by Crippen LogP contribution is 2.26. The molecule has 2 N–H and O–H groups in total. The fourth-order valence-electron chi connectivity index (χ4n) is 2.04. The lowest BCUT2D eigenvalue weighted by Crippen LogP contribution is -2.26. The molecule has 2 aromatic rings. The van der Waals surface area contributed by atoms with E-state index in [2.05, 4.69) is 0 Å². The first-order valence-corrected chi connectivity index (χ1v) is 6.42. The quantitative estimate of drug-likeness (QED) is 0.847. The number of carbonyl (C=O) groups excluding carboxylic acids is 1. The summed E-state index contributed by atoms with van der Waals surface area (Å²) in [5, 5.41) is 18.7. The van der Waals surface area contributed by atoms with Gasteiger partial charge in [0.05, 0.1) is 7.11 Å². The molecule has 0 spiro atoms. The molecule has 2 rings (SSSR count). The maximum atomic E-state index is 12.3. The molecule has 21 heavy (non-hydrogen) atoms. The van der Waals surface area contributed by atoms with Crippen molar-refractivity contribution in [3.63, 3.8) is 0 Å². The minimum atomic E-state index is -0.313. The zero-order valence-electron chi connectivity index (χ0n) is 11.9. The molecule has 0 aliphatic rings. The van der Waals surface area contributed by atoms with E-state index >= 15 is 0 Å². The third kappa shape index (κ3) is 3.25. The van der Waals surface area contributed by atoms with Crippen molar-refractivity contribution in [3.05, 3.63) is 53.6 Å². The van der Waals surface area contributed by atoms with Gasteiger partial charge < -0.3 is 19.8 Å². The predicted molar refractivity (Wildman–Crippen MR) is 78.6 cm³/mol. The number of para-hydroxylation sites is 1. The molecule has 1 amide bonds. The molecule has 0 saturated heterocycles. The van der Waals surface area contributed by atoms with E-state index in [-0.39, 0.29) is 17.4 Å². The number of carbonyl (C=O) groups is 1. The monoisotopic (exact) mass is 287 g/mol. The van der Waals surface area contributed by atoms with Crippen LogP contribution in [0.1, 0.15) is 15.9 Å². The molecule has 0 radical (unpaired) electrons. The van der Waals surface area contributed by atoms with Gasteiger partial charge in [-0.2, -0.15) is 0 Å². The molecule has 0 aliphatic heterocycles. The van der Waals surface area contributed by atoms with Crippen molar-refractivity contribution >= 4 is 5.91 Å². The van der Waals surface area contributed by atoms with Gasteiger partial charge in [-0.1, -0.05) is 18.2 Å². The van der Waals surface area contributed by atoms with Gasteiger partial charge in [0.15, 0.2) is 11.5 Å². The van der Waals surface area contributed by atoms with Crippen LogP contribution in [-0.4, -0.2) is 35.2 Å². The first kappa shape index (κ1) is 14.7. The standard InChI is InChI=1S/C16H17NO4/c1-17(10-12-5-3-4-6-15(12)21-2)16(20)11-7-8-13(18)14(19)9-11/h3-9,18-19H,10H2,1-2H3. The van der Waals surface area contributed by atoms with Crippen molar-refractivity contribution in [2.45, 2.75) is 6.54 Å². The van der Waals surface area contributed by atoms with Crippen LogP contribution in [-0.2, 0) is 6.54 Å². The summed E-state index contributed by atoms with van der Waals surface area (Å²) in [5.41, 5.74) is 1.20. The first-order valence-electron chi connectivity index (χ1n) is 6.42. The second-order valence-corrected chi connectivity index (χ2v) is 4.68. The summed E-state index contributed by atoms with van der Waals surface area (Å²) < 4.78 is 5.26. The number of hydrogen-bond acceptors (Lipinski definition) is 4. The van der Waals surface area contributed by atoms with E-state index < -0.39 is 0 Å². The zero-order valence-corrected chi connectivity index (χ0v) is 11.9. The Labute approximate surface area is 123 Å². The summed E-state index contributed by atoms with van der Waals surface area (Å²) in [7, 11) is 3.25. The molecule has 2 aromatic carbocycles. The number of rotatable bonds is 4. The van der Waals surface area contributed by atoms with E-state index in [1.807, 2.05) is 24.3 Å². The largest absolute Gasteiger partial charge is 0.504 e. The zero-order chi connectivity index (χ0) is 15.4. The van der Waals surface area contributed by atoms with Crippen LogP contribution in [0.25, 0.3) is 0 Å². The number of hydrogen-bond donors (Lipinski definition) is 2. The number of nitrogens with zero attached hydrogens (tertiary/aromatic N) is 1. The van der Waals surface area contributed by atoms with Crippen molar-refractivity contribution in [3.8, 4) is 17.2 Å². The van der Waals surface area contributed by atoms with Gasteiger partial charge in [0, 0.05) is 24.7 Å². The predicted octanol–water partition coefficient (Wildman–Crippen LogP) is 2.38. The van der Waals surface area contributed by atoms with Gasteiger partial charge in [-0.15, -0.1) is 0 Å². The summed E-state index contributed by atoms with van der Waals surface area (Å²) in [6.45, 7) is 0.379. The van der Waals surface area contributed by atoms with Crippen LogP contribution in [0, 0.1) is 0 Å². The van der Waals surface area contributed by atoms with Crippen LogP contribution >= 0.6 is 0 Å². The van der Waals surface area contributed by atoms with Crippen molar-refractivity contribution in [2.75, 3.05) is 14.2 Å². The number of amides is 1. The molecule has 0 heterocycles. The summed E-state index contributed by atoms with van der Waals surface area (Å²) in [6.07, 6.45) is 0. The molecule has 0 aromatic heterocycles. The van der Waals surface area contributed by atoms with E-state index in [0.29, 0.717) is 17.9 Å². The average Bonchev–Trinajstić information content (AvgIpc) is 2.49. The molecule has 0 saturated carbocycles. The van der Waals surface area contributed by atoms with Crippen LogP contribution in [0.3, 0.4) is 0 Å². The van der Waals surface area contributed by atoms with Crippen LogP contribution in [0.5, 0.6) is 17.2 Å². The SMILES string of the molecule is COc1ccccc1CN(C)C(=O)c1ccc(O)c(O)c1. The molecular formula is C16H17NO4. The maximum absolute atomic E-state index is 12.3. The molecule has 5 nitrogen and oxygen atoms in total. The van der Waals surface area contributed by atoms with Gasteiger partial charge in [-0.25, -0.2) is 0 Å². The Morgan fingerprint density at radius 2 is 1.86 bits per heavy atom. The normalized spacial score (nSPS) is 10.2. The van der Waals surface area contributed by atoms with Crippen molar-refractivity contribution in [1.82, 2.24) is 4.90 Å². The number of aromatic hydroxyl groups is 2. The Kier molecular flexibility index (Phi) is 4.33. The lowest BCUT2D eigenvalue weighted by Gasteiger charge is -2.19. The molecule has 5 heteroatoms. The highest BCUT2D eigenvalue weighted by molar-refractivity contribution is 5.94. The van der Waals surface area contributed by atoms with Crippen molar-refractivity contribution < 1.29 is 19.7 Å². The lowest BCUT2D eigenvalue weighted by molar-refractivity contribution is 0.0783. The highest BCUT2D eigenvalue weighted by atomic mass is 16.5. The van der Waals surface area contributed by atoms with Gasteiger partial charge in [0.1, 0.15) is 5.75 Å². The number of ether oxygens (including phenoxy) is 1. The summed E-state index contributed by atoms with van der Waals surface area (Å²) in [5.74, 6) is -0.104. The number of benzene rings is 2. The minimum absolute atomic E-state index is 0.251. The Hall–Kier alpha value is -2.69. The third-order valence-electron chi connectivity index (χ3n) is 3.17. The average molecular weight is 287 g/mol. The van der Waals surface area contributed by atoms with Gasteiger partial charge in [0.2, 0.25) is 0 Å². The van der Waals surface area contributed by atoms with Crippen LogP contribution < -0.4 is 4.74 Å². The van der Waals surface area contributed by atoms with E-state index in [9.17, 15) is 15.0 Å². The fraction of sp³-hybridized carbons (Fsp3) is 0.188. The number of methoxy groups -OCH3 is 1. The summed E-state index contributed by atoms with van der Waals surface area (Å²) >= 11 is 0. The Balaban J connectivity index is 2.17. The smallest absolute Gasteiger partial charge is 0.254 e. The molecule has 110 valence electrons. The van der Waals surface area contributed by atoms with Gasteiger partial charge in [-0.3, -0.25) is 4.79 Å². The Morgan fingerprint density at radius 1 is 1.14 bits per heavy atom. The molecule has 0 bridgehead atoms. The topological polar surface area (TPSA) is 70.0 Å². The van der Waals surface area contributed by atoms with Gasteiger partial charge in [0.25, 0.3) is 5.91 Å². The second kappa shape index (κ2) is 6.17. The van der Waals surface area contributed by atoms with Crippen LogP contribution in [0.2, 0.25) is 0 Å². The molecular weight excluding hydrogens is 270 g/mol. The van der Waals surface area contributed by atoms with Crippen LogP contribution in [0.15, 0.2) is 42.5 Å². The van der Waals surface area contributed by atoms with Gasteiger partial charge >= 0.3 is 0 Å². The second-order valence-electron chi connectivity index (χ2n) is 4.68. The lowest BCUT2D eigenvalue weighted by atomic mass is 10.1. The molecule has 0 atom stereocenters. The van der Waals surface area contributed by atoms with E-state index in [4.69, 9.17) is 4.74 Å². The summed E-state index contributed by atoms with van der Waals surface area (Å²) in [4.78, 5) is 13.8. The fourth-order valence-corrected chi connectivity index (χ4v) is 2.04. The highest BCUT2D eigenvalue weighted by Gasteiger charge is 2.15. The van der Waals surface area contributed by atoms with Crippen molar-refractivity contribution in [2.24, 2.45) is 0 Å². The molecule has 0 aliphatic carbocycles. The van der Waals surface area contributed by atoms with Crippen molar-refractivity contribution in [1.29, 1.82) is 0 Å². The van der Waals surface area contributed by atoms with Crippen LogP contribution in [0.4, 0.5) is 0 Å². The number of phenolic OH excluding ortho intramolecular Hbond substituents is 2.